The van der Waals surface area contributed by atoms with Crippen molar-refractivity contribution in [1.29, 1.82) is 0 Å². The third-order valence-corrected chi connectivity index (χ3v) is 4.04. The molecule has 1 heterocycles. The Balaban J connectivity index is 2.19. The summed E-state index contributed by atoms with van der Waals surface area (Å²) in [6, 6.07) is 0. The molecule has 0 amide bonds. The zero-order valence-corrected chi connectivity index (χ0v) is 12.5. The van der Waals surface area contributed by atoms with Crippen molar-refractivity contribution in [3.8, 4) is 0 Å². The van der Waals surface area contributed by atoms with E-state index in [9.17, 15) is 0 Å². The summed E-state index contributed by atoms with van der Waals surface area (Å²) in [4.78, 5) is 0. The second kappa shape index (κ2) is 9.76. The first-order chi connectivity index (χ1) is 8.83. The van der Waals surface area contributed by atoms with Crippen molar-refractivity contribution in [3.63, 3.8) is 0 Å². The molecule has 1 rings (SSSR count). The highest BCUT2D eigenvalue weighted by Crippen LogP contribution is 2.19. The predicted octanol–water partition coefficient (Wildman–Crippen LogP) is 2.84. The zero-order chi connectivity index (χ0) is 13.1. The van der Waals surface area contributed by atoms with E-state index in [4.69, 9.17) is 9.47 Å². The van der Waals surface area contributed by atoms with Crippen LogP contribution >= 0.6 is 0 Å². The van der Waals surface area contributed by atoms with Crippen LogP contribution in [0.4, 0.5) is 0 Å². The first-order valence-electron chi connectivity index (χ1n) is 7.83. The summed E-state index contributed by atoms with van der Waals surface area (Å²) in [5, 5.41) is 0. The van der Waals surface area contributed by atoms with Gasteiger partial charge in [0.2, 0.25) is 0 Å². The Morgan fingerprint density at radius 3 is 2.22 bits per heavy atom. The highest BCUT2D eigenvalue weighted by atomic mass is 16.5. The largest absolute Gasteiger partial charge is 0.379 e. The van der Waals surface area contributed by atoms with E-state index in [0.717, 1.165) is 26.4 Å². The molecule has 1 aliphatic heterocycles. The minimum Gasteiger partial charge on any atom is -0.379 e. The monoisotopic (exact) mass is 258 g/mol. The van der Waals surface area contributed by atoms with Gasteiger partial charge in [-0.15, -0.1) is 0 Å². The lowest BCUT2D eigenvalue weighted by molar-refractivity contribution is -0.933. The number of rotatable bonds is 10. The van der Waals surface area contributed by atoms with Gasteiger partial charge in [0.25, 0.3) is 0 Å². The van der Waals surface area contributed by atoms with Crippen LogP contribution in [0.15, 0.2) is 0 Å². The molecule has 1 saturated heterocycles. The molecule has 3 heteroatoms. The number of ether oxygens (including phenoxy) is 2. The molecule has 3 nitrogen and oxygen atoms in total. The molecule has 0 atom stereocenters. The van der Waals surface area contributed by atoms with Gasteiger partial charge in [0.05, 0.1) is 39.5 Å². The highest BCUT2D eigenvalue weighted by Gasteiger charge is 2.28. The number of hydrogen-bond donors (Lipinski definition) is 0. The summed E-state index contributed by atoms with van der Waals surface area (Å²) < 4.78 is 12.3. The first kappa shape index (κ1) is 15.9. The summed E-state index contributed by atoms with van der Waals surface area (Å²) >= 11 is 0. The summed E-state index contributed by atoms with van der Waals surface area (Å²) in [5.41, 5.74) is 0. The number of quaternary nitrogens is 1. The molecule has 108 valence electrons. The van der Waals surface area contributed by atoms with Gasteiger partial charge >= 0.3 is 0 Å². The maximum absolute atomic E-state index is 5.70. The standard InChI is InChI=1S/C15H32NO2/c1-3-5-9-16(10-7-6-8-11-16)12-13-18-15-14-17-4-2/h3-15H2,1-2H3/q+1. The van der Waals surface area contributed by atoms with Gasteiger partial charge in [0.1, 0.15) is 6.54 Å². The molecule has 18 heavy (non-hydrogen) atoms. The van der Waals surface area contributed by atoms with Crippen molar-refractivity contribution in [1.82, 2.24) is 0 Å². The Bertz CT molecular complexity index is 191. The third kappa shape index (κ3) is 6.17. The van der Waals surface area contributed by atoms with Gasteiger partial charge in [-0.2, -0.15) is 0 Å². The minimum absolute atomic E-state index is 0.742. The molecule has 0 aromatic rings. The van der Waals surface area contributed by atoms with E-state index in [1.807, 2.05) is 6.92 Å². The Kier molecular flexibility index (Phi) is 8.64. The van der Waals surface area contributed by atoms with Crippen LogP contribution in [0, 0.1) is 0 Å². The van der Waals surface area contributed by atoms with Crippen LogP contribution in [-0.4, -0.2) is 57.1 Å². The topological polar surface area (TPSA) is 18.5 Å². The van der Waals surface area contributed by atoms with E-state index in [1.165, 1.54) is 62.8 Å². The Morgan fingerprint density at radius 2 is 1.56 bits per heavy atom. The Morgan fingerprint density at radius 1 is 0.833 bits per heavy atom. The van der Waals surface area contributed by atoms with Gasteiger partial charge < -0.3 is 14.0 Å². The van der Waals surface area contributed by atoms with Crippen molar-refractivity contribution < 1.29 is 14.0 Å². The SMILES string of the molecule is CCCC[N+]1(CCOCCOCC)CCCCC1. The van der Waals surface area contributed by atoms with Crippen LogP contribution < -0.4 is 0 Å². The lowest BCUT2D eigenvalue weighted by atomic mass is 10.1. The molecule has 0 aliphatic carbocycles. The molecule has 0 N–H and O–H groups in total. The van der Waals surface area contributed by atoms with Crippen LogP contribution in [-0.2, 0) is 9.47 Å². The zero-order valence-electron chi connectivity index (χ0n) is 12.5. The molecular formula is C15H32NO2+. The maximum atomic E-state index is 5.70. The average Bonchev–Trinajstić information content (AvgIpc) is 2.42. The second-order valence-corrected chi connectivity index (χ2v) is 5.46. The summed E-state index contributed by atoms with van der Waals surface area (Å²) in [6.45, 7) is 12.8. The fourth-order valence-electron chi connectivity index (χ4n) is 2.86. The van der Waals surface area contributed by atoms with Crippen molar-refractivity contribution in [2.75, 3.05) is 52.6 Å². The molecular weight excluding hydrogens is 226 g/mol. The number of piperidine rings is 1. The summed E-state index contributed by atoms with van der Waals surface area (Å²) in [5.74, 6) is 0. The average molecular weight is 258 g/mol. The van der Waals surface area contributed by atoms with Gasteiger partial charge in [0.15, 0.2) is 0 Å². The molecule has 0 aromatic carbocycles. The number of nitrogens with zero attached hydrogens (tertiary/aromatic N) is 1. The molecule has 0 saturated carbocycles. The van der Waals surface area contributed by atoms with Crippen LogP contribution in [0.3, 0.4) is 0 Å². The summed E-state index contributed by atoms with van der Waals surface area (Å²) in [7, 11) is 0. The molecule has 0 spiro atoms. The lowest BCUT2D eigenvalue weighted by Gasteiger charge is -2.41. The number of hydrogen-bond acceptors (Lipinski definition) is 2. The summed E-state index contributed by atoms with van der Waals surface area (Å²) in [6.07, 6.45) is 6.91. The quantitative estimate of drug-likeness (QED) is 0.443. The van der Waals surface area contributed by atoms with E-state index in [0.29, 0.717) is 0 Å². The van der Waals surface area contributed by atoms with Crippen molar-refractivity contribution in [3.05, 3.63) is 0 Å². The third-order valence-electron chi connectivity index (χ3n) is 4.04. The van der Waals surface area contributed by atoms with Gasteiger partial charge in [-0.05, 0) is 32.6 Å². The van der Waals surface area contributed by atoms with Crippen molar-refractivity contribution >= 4 is 0 Å². The van der Waals surface area contributed by atoms with Crippen LogP contribution in [0.2, 0.25) is 0 Å². The minimum atomic E-state index is 0.742. The lowest BCUT2D eigenvalue weighted by Crippen LogP contribution is -2.53. The Labute approximate surface area is 113 Å². The normalized spacial score (nSPS) is 19.0. The molecule has 0 bridgehead atoms. The Hall–Kier alpha value is -0.120. The predicted molar refractivity (Wildman–Crippen MR) is 75.8 cm³/mol. The maximum Gasteiger partial charge on any atom is 0.102 e. The van der Waals surface area contributed by atoms with Gasteiger partial charge in [0, 0.05) is 6.61 Å². The number of unbranched alkanes of at least 4 members (excludes halogenated alkanes) is 1. The fourth-order valence-corrected chi connectivity index (χ4v) is 2.86. The van der Waals surface area contributed by atoms with Gasteiger partial charge in [-0.25, -0.2) is 0 Å². The smallest absolute Gasteiger partial charge is 0.102 e. The first-order valence-corrected chi connectivity index (χ1v) is 7.83. The van der Waals surface area contributed by atoms with Gasteiger partial charge in [-0.1, -0.05) is 13.3 Å². The van der Waals surface area contributed by atoms with E-state index < -0.39 is 0 Å². The second-order valence-electron chi connectivity index (χ2n) is 5.46. The molecule has 0 unspecified atom stereocenters. The van der Waals surface area contributed by atoms with E-state index in [2.05, 4.69) is 6.92 Å². The van der Waals surface area contributed by atoms with Crippen LogP contribution in [0.25, 0.3) is 0 Å². The highest BCUT2D eigenvalue weighted by molar-refractivity contribution is 4.55. The van der Waals surface area contributed by atoms with Crippen molar-refractivity contribution in [2.45, 2.75) is 46.0 Å². The van der Waals surface area contributed by atoms with Crippen molar-refractivity contribution in [2.24, 2.45) is 0 Å². The fraction of sp³-hybridized carbons (Fsp3) is 1.00. The molecule has 1 fully saturated rings. The van der Waals surface area contributed by atoms with Gasteiger partial charge in [-0.3, -0.25) is 0 Å². The van der Waals surface area contributed by atoms with E-state index in [-0.39, 0.29) is 0 Å². The molecule has 1 aliphatic rings. The van der Waals surface area contributed by atoms with Crippen LogP contribution in [0.1, 0.15) is 46.0 Å². The van der Waals surface area contributed by atoms with E-state index >= 15 is 0 Å². The number of likely N-dealkylation sites (tertiary alicyclic amines) is 1. The van der Waals surface area contributed by atoms with Crippen LogP contribution in [0.5, 0.6) is 0 Å². The molecule has 0 aromatic heterocycles. The molecule has 0 radical (unpaired) electrons. The van der Waals surface area contributed by atoms with E-state index in [1.54, 1.807) is 0 Å².